The van der Waals surface area contributed by atoms with E-state index in [9.17, 15) is 9.59 Å². The van der Waals surface area contributed by atoms with Gasteiger partial charge in [0.05, 0.1) is 7.11 Å². The molecule has 5 nitrogen and oxygen atoms in total. The number of thiazole rings is 1. The van der Waals surface area contributed by atoms with Crippen LogP contribution in [0.3, 0.4) is 0 Å². The third kappa shape index (κ3) is 4.03. The van der Waals surface area contributed by atoms with Crippen molar-refractivity contribution in [2.75, 3.05) is 19.0 Å². The normalized spacial score (nSPS) is 21.9. The van der Waals surface area contributed by atoms with Crippen molar-refractivity contribution in [1.29, 1.82) is 0 Å². The van der Waals surface area contributed by atoms with E-state index < -0.39 is 5.97 Å². The Labute approximate surface area is 129 Å². The number of ketones is 1. The van der Waals surface area contributed by atoms with Gasteiger partial charge in [-0.3, -0.25) is 4.79 Å². The Morgan fingerprint density at radius 2 is 2.00 bits per heavy atom. The van der Waals surface area contributed by atoms with Crippen LogP contribution < -0.4 is 5.32 Å². The van der Waals surface area contributed by atoms with E-state index in [2.05, 4.69) is 22.0 Å². The van der Waals surface area contributed by atoms with Gasteiger partial charge < -0.3 is 10.1 Å². The molecule has 2 rings (SSSR count). The van der Waals surface area contributed by atoms with Crippen LogP contribution in [0.25, 0.3) is 0 Å². The summed E-state index contributed by atoms with van der Waals surface area (Å²) in [7, 11) is 1.29. The van der Waals surface area contributed by atoms with Crippen LogP contribution in [0.4, 0.5) is 5.13 Å². The van der Waals surface area contributed by atoms with Crippen molar-refractivity contribution >= 4 is 28.2 Å². The summed E-state index contributed by atoms with van der Waals surface area (Å²) in [5.41, 5.74) is 0.120. The lowest BCUT2D eigenvalue weighted by Gasteiger charge is -2.26. The Bertz CT molecular complexity index is 519. The molecule has 1 aliphatic carbocycles. The first-order chi connectivity index (χ1) is 10.0. The van der Waals surface area contributed by atoms with Crippen LogP contribution in [0.1, 0.15) is 59.7 Å². The molecule has 0 spiro atoms. The zero-order valence-electron chi connectivity index (χ0n) is 12.8. The lowest BCUT2D eigenvalue weighted by atomic mass is 9.83. The lowest BCUT2D eigenvalue weighted by Crippen LogP contribution is -2.20. The van der Waals surface area contributed by atoms with Gasteiger partial charge in [-0.25, -0.2) is 9.78 Å². The number of nitrogens with one attached hydrogen (secondary N) is 1. The van der Waals surface area contributed by atoms with Crippen LogP contribution in [0.2, 0.25) is 0 Å². The molecule has 1 aromatic rings. The number of ether oxygens (including phenoxy) is 1. The first kappa shape index (κ1) is 15.9. The maximum Gasteiger partial charge on any atom is 0.358 e. The molecule has 0 unspecified atom stereocenters. The smallest absolute Gasteiger partial charge is 0.358 e. The van der Waals surface area contributed by atoms with Crippen molar-refractivity contribution in [3.05, 3.63) is 10.6 Å². The highest BCUT2D eigenvalue weighted by Crippen LogP contribution is 2.29. The number of aromatic nitrogens is 1. The number of Topliss-reactive ketones (excluding diaryl/α,β-unsaturated/α-hetero) is 1. The number of nitrogens with zero attached hydrogens (tertiary/aromatic N) is 1. The fraction of sp³-hybridized carbons (Fsp3) is 0.667. The molecular formula is C15H22N2O3S. The molecule has 0 amide bonds. The van der Waals surface area contributed by atoms with Crippen LogP contribution in [-0.2, 0) is 4.74 Å². The molecule has 21 heavy (non-hydrogen) atoms. The third-order valence-electron chi connectivity index (χ3n) is 4.00. The molecule has 0 atom stereocenters. The van der Waals surface area contributed by atoms with Crippen molar-refractivity contribution in [1.82, 2.24) is 4.98 Å². The molecule has 6 heteroatoms. The van der Waals surface area contributed by atoms with Crippen molar-refractivity contribution < 1.29 is 14.3 Å². The SMILES string of the molecule is COC(=O)c1nc(NCC2CCC(C)CC2)sc1C(C)=O. The Kier molecular flexibility index (Phi) is 5.33. The van der Waals surface area contributed by atoms with Gasteiger partial charge >= 0.3 is 5.97 Å². The fourth-order valence-electron chi connectivity index (χ4n) is 2.63. The van der Waals surface area contributed by atoms with Gasteiger partial charge in [0.2, 0.25) is 0 Å². The van der Waals surface area contributed by atoms with Crippen LogP contribution in [0.15, 0.2) is 0 Å². The van der Waals surface area contributed by atoms with E-state index in [1.165, 1.54) is 51.1 Å². The molecule has 0 saturated heterocycles. The number of hydrogen-bond acceptors (Lipinski definition) is 6. The van der Waals surface area contributed by atoms with E-state index in [0.717, 1.165) is 12.5 Å². The van der Waals surface area contributed by atoms with Gasteiger partial charge in [-0.15, -0.1) is 0 Å². The van der Waals surface area contributed by atoms with E-state index in [-0.39, 0.29) is 11.5 Å². The predicted molar refractivity (Wildman–Crippen MR) is 83.1 cm³/mol. The molecule has 1 fully saturated rings. The number of esters is 1. The fourth-order valence-corrected chi connectivity index (χ4v) is 3.49. The summed E-state index contributed by atoms with van der Waals surface area (Å²) in [6.45, 7) is 4.58. The topological polar surface area (TPSA) is 68.3 Å². The summed E-state index contributed by atoms with van der Waals surface area (Å²) < 4.78 is 4.67. The average Bonchev–Trinajstić information content (AvgIpc) is 2.90. The number of carbonyl (C=O) groups is 2. The minimum atomic E-state index is -0.559. The summed E-state index contributed by atoms with van der Waals surface area (Å²) in [4.78, 5) is 27.8. The van der Waals surface area contributed by atoms with E-state index in [4.69, 9.17) is 0 Å². The number of anilines is 1. The number of methoxy groups -OCH3 is 1. The maximum absolute atomic E-state index is 11.6. The largest absolute Gasteiger partial charge is 0.464 e. The molecule has 1 saturated carbocycles. The van der Waals surface area contributed by atoms with Gasteiger partial charge in [0.15, 0.2) is 16.6 Å². The Morgan fingerprint density at radius 3 is 2.57 bits per heavy atom. The summed E-state index contributed by atoms with van der Waals surface area (Å²) in [5.74, 6) is 0.757. The molecular weight excluding hydrogens is 288 g/mol. The monoisotopic (exact) mass is 310 g/mol. The zero-order valence-corrected chi connectivity index (χ0v) is 13.6. The Hall–Kier alpha value is -1.43. The Balaban J connectivity index is 2.00. The molecule has 1 aliphatic rings. The summed E-state index contributed by atoms with van der Waals surface area (Å²) >= 11 is 1.23. The molecule has 0 radical (unpaired) electrons. The van der Waals surface area contributed by atoms with Crippen molar-refractivity contribution in [2.24, 2.45) is 11.8 Å². The van der Waals surface area contributed by atoms with Crippen LogP contribution >= 0.6 is 11.3 Å². The molecule has 1 heterocycles. The standard InChI is InChI=1S/C15H22N2O3S/c1-9-4-6-11(7-5-9)8-16-15-17-12(14(19)20-3)13(21-15)10(2)18/h9,11H,4-8H2,1-3H3,(H,16,17). The molecule has 0 aromatic carbocycles. The second-order valence-electron chi connectivity index (χ2n) is 5.75. The van der Waals surface area contributed by atoms with Crippen molar-refractivity contribution in [2.45, 2.75) is 39.5 Å². The Morgan fingerprint density at radius 1 is 1.33 bits per heavy atom. The van der Waals surface area contributed by atoms with E-state index >= 15 is 0 Å². The van der Waals surface area contributed by atoms with E-state index in [1.807, 2.05) is 0 Å². The summed E-state index contributed by atoms with van der Waals surface area (Å²) in [6.07, 6.45) is 5.00. The van der Waals surface area contributed by atoms with Crippen molar-refractivity contribution in [3.63, 3.8) is 0 Å². The second kappa shape index (κ2) is 7.02. The molecule has 0 aliphatic heterocycles. The first-order valence-corrected chi connectivity index (χ1v) is 8.16. The third-order valence-corrected chi connectivity index (χ3v) is 5.12. The molecule has 1 aromatic heterocycles. The zero-order chi connectivity index (χ0) is 15.4. The van der Waals surface area contributed by atoms with Crippen LogP contribution in [0.5, 0.6) is 0 Å². The van der Waals surface area contributed by atoms with Crippen LogP contribution in [0, 0.1) is 11.8 Å². The van der Waals surface area contributed by atoms with Gasteiger partial charge in [0.25, 0.3) is 0 Å². The lowest BCUT2D eigenvalue weighted by molar-refractivity contribution is 0.0591. The summed E-state index contributed by atoms with van der Waals surface area (Å²) in [6, 6.07) is 0. The number of hydrogen-bond donors (Lipinski definition) is 1. The molecule has 1 N–H and O–H groups in total. The average molecular weight is 310 g/mol. The van der Waals surface area contributed by atoms with Gasteiger partial charge in [0.1, 0.15) is 4.88 Å². The highest BCUT2D eigenvalue weighted by molar-refractivity contribution is 7.17. The van der Waals surface area contributed by atoms with Gasteiger partial charge in [-0.05, 0) is 24.7 Å². The van der Waals surface area contributed by atoms with Gasteiger partial charge in [-0.1, -0.05) is 31.1 Å². The predicted octanol–water partition coefficient (Wildman–Crippen LogP) is 3.37. The highest BCUT2D eigenvalue weighted by Gasteiger charge is 2.23. The molecule has 116 valence electrons. The van der Waals surface area contributed by atoms with E-state index in [1.54, 1.807) is 0 Å². The highest BCUT2D eigenvalue weighted by atomic mass is 32.1. The van der Waals surface area contributed by atoms with Crippen LogP contribution in [-0.4, -0.2) is 30.4 Å². The minimum absolute atomic E-state index is 0.120. The molecule has 0 bridgehead atoms. The quantitative estimate of drug-likeness (QED) is 0.667. The van der Waals surface area contributed by atoms with Gasteiger partial charge in [-0.2, -0.15) is 0 Å². The van der Waals surface area contributed by atoms with Gasteiger partial charge in [0, 0.05) is 13.5 Å². The second-order valence-corrected chi connectivity index (χ2v) is 6.75. The van der Waals surface area contributed by atoms with E-state index in [0.29, 0.717) is 15.9 Å². The number of carbonyl (C=O) groups excluding carboxylic acids is 2. The first-order valence-electron chi connectivity index (χ1n) is 7.35. The van der Waals surface area contributed by atoms with Crippen molar-refractivity contribution in [3.8, 4) is 0 Å². The maximum atomic E-state index is 11.6. The summed E-state index contributed by atoms with van der Waals surface area (Å²) in [5, 5.41) is 3.90. The minimum Gasteiger partial charge on any atom is -0.464 e. The number of rotatable bonds is 5.